The van der Waals surface area contributed by atoms with Gasteiger partial charge in [-0.1, -0.05) is 0 Å². The van der Waals surface area contributed by atoms with Crippen molar-refractivity contribution in [2.75, 3.05) is 0 Å². The van der Waals surface area contributed by atoms with Crippen LogP contribution in [0, 0.1) is 18.2 Å². The van der Waals surface area contributed by atoms with E-state index in [9.17, 15) is 0 Å². The van der Waals surface area contributed by atoms with Gasteiger partial charge in [-0.25, -0.2) is 24.3 Å². The molecule has 0 radical (unpaired) electrons. The molecule has 1 aromatic carbocycles. The maximum Gasteiger partial charge on any atom is -0.171 e. The molecule has 0 saturated heterocycles. The van der Waals surface area contributed by atoms with Gasteiger partial charge in [-0.3, -0.25) is 12.2 Å². The van der Waals surface area contributed by atoms with E-state index in [1.165, 1.54) is 0 Å². The first kappa shape index (κ1) is 20.9. The van der Waals surface area contributed by atoms with Gasteiger partial charge in [0.2, 0.25) is 0 Å². The Hall–Kier alpha value is -0.427. The van der Waals surface area contributed by atoms with E-state index in [-0.39, 0.29) is 12.4 Å². The minimum Gasteiger partial charge on any atom is -0.184 e. The molecule has 0 unspecified atom stereocenters. The largest absolute Gasteiger partial charge is 0.184 e. The summed E-state index contributed by atoms with van der Waals surface area (Å²) in [5.74, 6) is 0. The molecular weight excluding hydrogens is 351 g/mol. The Morgan fingerprint density at radius 2 is 1.26 bits per heavy atom. The van der Waals surface area contributed by atoms with Crippen LogP contribution in [0.5, 0.6) is 0 Å². The van der Waals surface area contributed by atoms with Crippen molar-refractivity contribution in [2.24, 2.45) is 0 Å². The predicted molar refractivity (Wildman–Crippen MR) is 83.3 cm³/mol. The molecule has 3 rings (SSSR count). The van der Waals surface area contributed by atoms with Gasteiger partial charge in [-0.05, 0) is 0 Å². The Bertz CT molecular complexity index is 314. The van der Waals surface area contributed by atoms with Crippen molar-refractivity contribution < 1.29 is 22.7 Å². The zero-order chi connectivity index (χ0) is 13.3. The van der Waals surface area contributed by atoms with Gasteiger partial charge < -0.3 is 0 Å². The van der Waals surface area contributed by atoms with E-state index < -0.39 is 0 Å². The first-order chi connectivity index (χ1) is 9.00. The van der Waals surface area contributed by atoms with E-state index in [1.807, 2.05) is 54.6 Å². The van der Waals surface area contributed by atoms with Crippen molar-refractivity contribution in [1.29, 1.82) is 0 Å². The van der Waals surface area contributed by atoms with E-state index >= 15 is 0 Å². The maximum atomic E-state index is 4.17. The Balaban J connectivity index is 0. The molecule has 0 amide bonds. The Kier molecular flexibility index (Phi) is 21.9. The molecule has 2 aliphatic carbocycles. The molecule has 0 fully saturated rings. The SMILES string of the molecule is Cl.[C-]1=CC=CC1.[C-]1=CC=CC1.[S]=[Zr].[c-]1ccccc1. The maximum absolute atomic E-state index is 4.17. The van der Waals surface area contributed by atoms with E-state index in [1.54, 1.807) is 0 Å². The van der Waals surface area contributed by atoms with Gasteiger partial charge in [-0.2, -0.15) is 48.6 Å². The average Bonchev–Trinajstić information content (AvgIpc) is 3.21. The molecule has 0 spiro atoms. The van der Waals surface area contributed by atoms with Gasteiger partial charge in [0, 0.05) is 0 Å². The van der Waals surface area contributed by atoms with Crippen molar-refractivity contribution in [3.63, 3.8) is 0 Å². The molecule has 1 aromatic rings. The summed E-state index contributed by atoms with van der Waals surface area (Å²) in [7, 11) is 4.17. The number of allylic oxidation sites excluding steroid dienone is 8. The molecule has 0 bridgehead atoms. The molecule has 3 heteroatoms. The molecule has 0 heterocycles. The van der Waals surface area contributed by atoms with Gasteiger partial charge >= 0.3 is 31.5 Å². The number of hydrogen-bond donors (Lipinski definition) is 0. The van der Waals surface area contributed by atoms with Crippen molar-refractivity contribution in [3.8, 4) is 0 Å². The van der Waals surface area contributed by atoms with Crippen LogP contribution in [0.1, 0.15) is 12.8 Å². The molecular formula is C16H16ClSZr-3. The van der Waals surface area contributed by atoms with Crippen LogP contribution in [0.25, 0.3) is 0 Å². The monoisotopic (exact) mass is 365 g/mol. The van der Waals surface area contributed by atoms with Gasteiger partial charge in [0.25, 0.3) is 0 Å². The molecule has 0 aromatic heterocycles. The summed E-state index contributed by atoms with van der Waals surface area (Å²) in [4.78, 5) is 0. The van der Waals surface area contributed by atoms with Crippen LogP contribution in [-0.4, -0.2) is 0 Å². The summed E-state index contributed by atoms with van der Waals surface area (Å²) < 4.78 is 0. The van der Waals surface area contributed by atoms with Crippen LogP contribution in [0.15, 0.2) is 66.8 Å². The predicted octanol–water partition coefficient (Wildman–Crippen LogP) is 5.17. The van der Waals surface area contributed by atoms with Crippen molar-refractivity contribution in [3.05, 3.63) is 85.0 Å². The topological polar surface area (TPSA) is 0 Å². The Morgan fingerprint density at radius 1 is 0.789 bits per heavy atom. The van der Waals surface area contributed by atoms with E-state index in [2.05, 4.69) is 39.2 Å². The van der Waals surface area contributed by atoms with Crippen LogP contribution in [0.2, 0.25) is 0 Å². The second-order valence-corrected chi connectivity index (χ2v) is 3.08. The van der Waals surface area contributed by atoms with Crippen LogP contribution in [-0.2, 0) is 22.7 Å². The first-order valence-electron chi connectivity index (χ1n) is 5.55. The molecule has 0 nitrogen and oxygen atoms in total. The third-order valence-electron chi connectivity index (χ3n) is 1.78. The van der Waals surface area contributed by atoms with Crippen LogP contribution >= 0.6 is 21.3 Å². The molecule has 0 saturated carbocycles. The van der Waals surface area contributed by atoms with Crippen LogP contribution < -0.4 is 0 Å². The summed E-state index contributed by atoms with van der Waals surface area (Å²) in [6.45, 7) is 0. The van der Waals surface area contributed by atoms with Gasteiger partial charge in [0.05, 0.1) is 0 Å². The van der Waals surface area contributed by atoms with E-state index in [0.717, 1.165) is 35.5 Å². The minimum atomic E-state index is 0. The van der Waals surface area contributed by atoms with Crippen molar-refractivity contribution in [2.45, 2.75) is 12.8 Å². The molecule has 19 heavy (non-hydrogen) atoms. The number of rotatable bonds is 0. The van der Waals surface area contributed by atoms with Gasteiger partial charge in [0.1, 0.15) is 0 Å². The molecule has 100 valence electrons. The minimum absolute atomic E-state index is 0. The molecule has 0 N–H and O–H groups in total. The average molecular weight is 367 g/mol. The molecule has 2 aliphatic rings. The van der Waals surface area contributed by atoms with Crippen molar-refractivity contribution >= 4 is 21.3 Å². The van der Waals surface area contributed by atoms with E-state index in [4.69, 9.17) is 0 Å². The first-order valence-corrected chi connectivity index (χ1v) is 8.97. The molecule has 0 atom stereocenters. The van der Waals surface area contributed by atoms with Crippen LogP contribution in [0.3, 0.4) is 0 Å². The Morgan fingerprint density at radius 3 is 1.37 bits per heavy atom. The Labute approximate surface area is 141 Å². The smallest absolute Gasteiger partial charge is 0.171 e. The fourth-order valence-electron chi connectivity index (χ4n) is 1.02. The summed E-state index contributed by atoms with van der Waals surface area (Å²) >= 11 is 1.13. The number of halogens is 1. The number of benzene rings is 1. The summed E-state index contributed by atoms with van der Waals surface area (Å²) in [5.41, 5.74) is 0. The summed E-state index contributed by atoms with van der Waals surface area (Å²) in [6, 6.07) is 12.5. The van der Waals surface area contributed by atoms with Crippen molar-refractivity contribution in [1.82, 2.24) is 0 Å². The zero-order valence-corrected chi connectivity index (χ0v) is 14.7. The van der Waals surface area contributed by atoms with Gasteiger partial charge in [0.15, 0.2) is 0 Å². The third kappa shape index (κ3) is 17.6. The van der Waals surface area contributed by atoms with Gasteiger partial charge in [-0.15, -0.1) is 25.2 Å². The second-order valence-electron chi connectivity index (χ2n) is 3.08. The van der Waals surface area contributed by atoms with Crippen LogP contribution in [0.4, 0.5) is 0 Å². The molecule has 0 aliphatic heterocycles. The normalized spacial score (nSPS) is 11.9. The quantitative estimate of drug-likeness (QED) is 0.571. The summed E-state index contributed by atoms with van der Waals surface area (Å²) in [6.07, 6.45) is 20.0. The standard InChI is InChI=1S/C6H5.2C5H5.ClH.S.Zr/c1-2-4-6-5-3-1;2*1-2-4-5-3-1;;;/h1-5H;2*1-3H,4H2;1H;;/q3*-1;;;. The fourth-order valence-corrected chi connectivity index (χ4v) is 1.02. The second kappa shape index (κ2) is 19.9. The fraction of sp³-hybridized carbons (Fsp3) is 0.125. The zero-order valence-electron chi connectivity index (χ0n) is 10.6. The third-order valence-corrected chi connectivity index (χ3v) is 1.78. The van der Waals surface area contributed by atoms with E-state index in [0.29, 0.717) is 0 Å². The summed E-state index contributed by atoms with van der Waals surface area (Å²) in [5, 5.41) is 0. The number of hydrogen-bond acceptors (Lipinski definition) is 1.